The molecule has 1 heterocycles. The fraction of sp³-hybridized carbons (Fsp3) is 0.250. The molecule has 1 N–H and O–H groups in total. The molecule has 1 amide bonds. The average molecular weight is 418 g/mol. The number of nitrogens with zero attached hydrogens (tertiary/aromatic N) is 1. The number of rotatable bonds is 7. The third kappa shape index (κ3) is 4.00. The third-order valence-electron chi connectivity index (χ3n) is 4.57. The first-order valence-corrected chi connectivity index (χ1v) is 9.54. The van der Waals surface area contributed by atoms with Gasteiger partial charge in [0.2, 0.25) is 0 Å². The summed E-state index contributed by atoms with van der Waals surface area (Å²) in [5.74, 6) is -0.0763. The van der Waals surface area contributed by atoms with Crippen molar-refractivity contribution >= 4 is 33.0 Å². The molecule has 0 bridgehead atoms. The normalized spacial score (nSPS) is 10.8. The quantitative estimate of drug-likeness (QED) is 0.458. The maximum Gasteiger partial charge on any atom is 0.276 e. The summed E-state index contributed by atoms with van der Waals surface area (Å²) in [5.41, 5.74) is 0.877. The minimum Gasteiger partial charge on any atom is -0.493 e. The largest absolute Gasteiger partial charge is 0.493 e. The van der Waals surface area contributed by atoms with Crippen LogP contribution in [0.3, 0.4) is 0 Å². The van der Waals surface area contributed by atoms with Crippen LogP contribution in [-0.4, -0.2) is 31.6 Å². The molecule has 9 heteroatoms. The van der Waals surface area contributed by atoms with E-state index < -0.39 is 4.92 Å². The van der Waals surface area contributed by atoms with E-state index in [9.17, 15) is 19.3 Å². The molecule has 29 heavy (non-hydrogen) atoms. The molecule has 0 aliphatic carbocycles. The molecule has 0 atom stereocenters. The number of halogens is 1. The highest BCUT2D eigenvalue weighted by molar-refractivity contribution is 7.21. The predicted molar refractivity (Wildman–Crippen MR) is 109 cm³/mol. The molecule has 0 saturated heterocycles. The van der Waals surface area contributed by atoms with Crippen LogP contribution in [0.2, 0.25) is 0 Å². The van der Waals surface area contributed by atoms with E-state index in [2.05, 4.69) is 5.32 Å². The van der Waals surface area contributed by atoms with Crippen molar-refractivity contribution < 1.29 is 23.6 Å². The molecule has 0 aliphatic rings. The molecule has 152 valence electrons. The van der Waals surface area contributed by atoms with Crippen LogP contribution in [0.4, 0.5) is 10.1 Å². The number of amides is 1. The number of nitro groups is 1. The SMILES string of the molecule is COc1cc(CCNC(=O)c2sc3cccc(F)c3c2C)c([N+](=O)[O-])cc1OC. The van der Waals surface area contributed by atoms with Crippen LogP contribution in [-0.2, 0) is 6.42 Å². The van der Waals surface area contributed by atoms with Gasteiger partial charge in [0, 0.05) is 22.2 Å². The number of thiophene rings is 1. The van der Waals surface area contributed by atoms with Crippen LogP contribution in [0.25, 0.3) is 10.1 Å². The lowest BCUT2D eigenvalue weighted by molar-refractivity contribution is -0.385. The van der Waals surface area contributed by atoms with E-state index in [1.807, 2.05) is 0 Å². The van der Waals surface area contributed by atoms with E-state index >= 15 is 0 Å². The van der Waals surface area contributed by atoms with Gasteiger partial charge in [-0.3, -0.25) is 14.9 Å². The fourth-order valence-electron chi connectivity index (χ4n) is 3.14. The second-order valence-corrected chi connectivity index (χ2v) is 7.32. The van der Waals surface area contributed by atoms with Crippen molar-refractivity contribution in [1.29, 1.82) is 0 Å². The van der Waals surface area contributed by atoms with Crippen LogP contribution in [0.1, 0.15) is 20.8 Å². The summed E-state index contributed by atoms with van der Waals surface area (Å²) in [6, 6.07) is 7.56. The smallest absolute Gasteiger partial charge is 0.276 e. The van der Waals surface area contributed by atoms with Crippen LogP contribution in [0, 0.1) is 22.9 Å². The highest BCUT2D eigenvalue weighted by atomic mass is 32.1. The van der Waals surface area contributed by atoms with Crippen LogP contribution in [0.15, 0.2) is 30.3 Å². The first-order chi connectivity index (χ1) is 13.9. The second-order valence-electron chi connectivity index (χ2n) is 6.27. The van der Waals surface area contributed by atoms with Gasteiger partial charge in [-0.25, -0.2) is 4.39 Å². The highest BCUT2D eigenvalue weighted by Crippen LogP contribution is 2.35. The molecule has 0 spiro atoms. The zero-order valence-electron chi connectivity index (χ0n) is 16.1. The van der Waals surface area contributed by atoms with Gasteiger partial charge >= 0.3 is 0 Å². The Labute approximate surface area is 170 Å². The Kier molecular flexibility index (Phi) is 5.97. The number of benzene rings is 2. The molecule has 1 aromatic heterocycles. The maximum atomic E-state index is 14.0. The van der Waals surface area contributed by atoms with E-state index in [0.717, 1.165) is 0 Å². The van der Waals surface area contributed by atoms with Crippen molar-refractivity contribution in [2.24, 2.45) is 0 Å². The summed E-state index contributed by atoms with van der Waals surface area (Å²) in [6.45, 7) is 1.88. The second kappa shape index (κ2) is 8.44. The summed E-state index contributed by atoms with van der Waals surface area (Å²) >= 11 is 1.21. The molecular formula is C20H19FN2O5S. The number of nitro benzene ring substituents is 1. The van der Waals surface area contributed by atoms with Gasteiger partial charge in [-0.05, 0) is 37.1 Å². The van der Waals surface area contributed by atoms with Crippen LogP contribution >= 0.6 is 11.3 Å². The first-order valence-electron chi connectivity index (χ1n) is 8.72. The molecule has 3 aromatic rings. The Hall–Kier alpha value is -3.20. The molecular weight excluding hydrogens is 399 g/mol. The van der Waals surface area contributed by atoms with Gasteiger partial charge in [-0.2, -0.15) is 0 Å². The molecule has 0 saturated carbocycles. The zero-order chi connectivity index (χ0) is 21.1. The van der Waals surface area contributed by atoms with Crippen molar-refractivity contribution in [3.63, 3.8) is 0 Å². The van der Waals surface area contributed by atoms with Crippen molar-refractivity contribution in [2.45, 2.75) is 13.3 Å². The van der Waals surface area contributed by atoms with Crippen LogP contribution < -0.4 is 14.8 Å². The third-order valence-corrected chi connectivity index (χ3v) is 5.83. The average Bonchev–Trinajstić information content (AvgIpc) is 3.05. The van der Waals surface area contributed by atoms with Crippen molar-refractivity contribution in [3.05, 3.63) is 62.3 Å². The van der Waals surface area contributed by atoms with Gasteiger partial charge in [0.05, 0.1) is 30.1 Å². The summed E-state index contributed by atoms with van der Waals surface area (Å²) in [4.78, 5) is 23.9. The van der Waals surface area contributed by atoms with Crippen molar-refractivity contribution in [3.8, 4) is 11.5 Å². The molecule has 0 radical (unpaired) electrons. The number of hydrogen-bond donors (Lipinski definition) is 1. The minimum absolute atomic E-state index is 0.114. The topological polar surface area (TPSA) is 90.7 Å². The van der Waals surface area contributed by atoms with Crippen LogP contribution in [0.5, 0.6) is 11.5 Å². The number of nitrogens with one attached hydrogen (secondary N) is 1. The Morgan fingerprint density at radius 2 is 1.93 bits per heavy atom. The molecule has 0 fully saturated rings. The molecule has 7 nitrogen and oxygen atoms in total. The summed E-state index contributed by atoms with van der Waals surface area (Å²) in [7, 11) is 2.84. The Bertz CT molecular complexity index is 1100. The Balaban J connectivity index is 1.78. The number of hydrogen-bond acceptors (Lipinski definition) is 6. The molecule has 0 unspecified atom stereocenters. The maximum absolute atomic E-state index is 14.0. The number of fused-ring (bicyclic) bond motifs is 1. The van der Waals surface area contributed by atoms with E-state index in [0.29, 0.717) is 31.8 Å². The standard InChI is InChI=1S/C20H19FN2O5S/c1-11-18-13(21)5-4-6-17(18)29-19(11)20(24)22-8-7-12-9-15(27-2)16(28-3)10-14(12)23(25)26/h4-6,9-10H,7-8H2,1-3H3,(H,22,24). The predicted octanol–water partition coefficient (Wildman–Crippen LogP) is 4.25. The monoisotopic (exact) mass is 418 g/mol. The van der Waals surface area contributed by atoms with Gasteiger partial charge < -0.3 is 14.8 Å². The lowest BCUT2D eigenvalue weighted by atomic mass is 10.1. The fourth-order valence-corrected chi connectivity index (χ4v) is 4.28. The minimum atomic E-state index is -0.502. The lowest BCUT2D eigenvalue weighted by Gasteiger charge is -2.11. The van der Waals surface area contributed by atoms with E-state index in [1.54, 1.807) is 19.1 Å². The highest BCUT2D eigenvalue weighted by Gasteiger charge is 2.21. The lowest BCUT2D eigenvalue weighted by Crippen LogP contribution is -2.25. The van der Waals surface area contributed by atoms with Crippen molar-refractivity contribution in [1.82, 2.24) is 5.32 Å². The van der Waals surface area contributed by atoms with Gasteiger partial charge in [0.15, 0.2) is 11.5 Å². The number of carbonyl (C=O) groups is 1. The van der Waals surface area contributed by atoms with Gasteiger partial charge in [-0.15, -0.1) is 11.3 Å². The Morgan fingerprint density at radius 1 is 1.24 bits per heavy atom. The van der Waals surface area contributed by atoms with E-state index in [1.165, 1.54) is 43.8 Å². The molecule has 2 aromatic carbocycles. The van der Waals surface area contributed by atoms with Crippen molar-refractivity contribution in [2.75, 3.05) is 20.8 Å². The van der Waals surface area contributed by atoms with Gasteiger partial charge in [0.25, 0.3) is 11.6 Å². The first kappa shape index (κ1) is 20.5. The summed E-state index contributed by atoms with van der Waals surface area (Å²) in [6.07, 6.45) is 0.223. The van der Waals surface area contributed by atoms with Gasteiger partial charge in [0.1, 0.15) is 5.82 Å². The summed E-state index contributed by atoms with van der Waals surface area (Å²) in [5, 5.41) is 14.6. The van der Waals surface area contributed by atoms with E-state index in [4.69, 9.17) is 9.47 Å². The molecule has 0 aliphatic heterocycles. The number of aryl methyl sites for hydroxylation is 1. The summed E-state index contributed by atoms with van der Waals surface area (Å²) < 4.78 is 25.0. The van der Waals surface area contributed by atoms with E-state index in [-0.39, 0.29) is 36.1 Å². The Morgan fingerprint density at radius 3 is 2.55 bits per heavy atom. The zero-order valence-corrected chi connectivity index (χ0v) is 16.9. The number of methoxy groups -OCH3 is 2. The number of ether oxygens (including phenoxy) is 2. The number of carbonyl (C=O) groups excluding carboxylic acids is 1. The molecule has 3 rings (SSSR count). The van der Waals surface area contributed by atoms with Gasteiger partial charge in [-0.1, -0.05) is 6.07 Å².